The van der Waals surface area contributed by atoms with Crippen LogP contribution in [0, 0.1) is 6.92 Å². The molecule has 2 rings (SSSR count). The van der Waals surface area contributed by atoms with E-state index in [2.05, 4.69) is 10.6 Å². The normalized spacial score (nSPS) is 10.1. The first-order chi connectivity index (χ1) is 10.5. The minimum Gasteiger partial charge on any atom is -0.325 e. The minimum absolute atomic E-state index is 0.0964. The summed E-state index contributed by atoms with van der Waals surface area (Å²) in [6.45, 7) is 1.76. The van der Waals surface area contributed by atoms with Gasteiger partial charge in [0.1, 0.15) is 0 Å². The Bertz CT molecular complexity index is 699. The molecule has 0 fully saturated rings. The van der Waals surface area contributed by atoms with E-state index in [1.165, 1.54) is 0 Å². The smallest absolute Gasteiger partial charge is 0.255 e. The first-order valence-electron chi connectivity index (χ1n) is 6.67. The van der Waals surface area contributed by atoms with Crippen LogP contribution in [0.4, 0.5) is 11.4 Å². The number of rotatable bonds is 4. The van der Waals surface area contributed by atoms with Crippen molar-refractivity contribution >= 4 is 34.8 Å². The Morgan fingerprint density at radius 2 is 1.77 bits per heavy atom. The van der Waals surface area contributed by atoms with E-state index in [1.54, 1.807) is 36.4 Å². The van der Waals surface area contributed by atoms with Gasteiger partial charge in [0.25, 0.3) is 5.91 Å². The van der Waals surface area contributed by atoms with E-state index >= 15 is 0 Å². The zero-order valence-corrected chi connectivity index (χ0v) is 12.8. The van der Waals surface area contributed by atoms with Gasteiger partial charge in [-0.2, -0.15) is 0 Å². The van der Waals surface area contributed by atoms with E-state index in [-0.39, 0.29) is 18.4 Å². The first-order valence-corrected chi connectivity index (χ1v) is 7.05. The summed E-state index contributed by atoms with van der Waals surface area (Å²) in [6.07, 6.45) is 0. The highest BCUT2D eigenvalue weighted by Gasteiger charge is 2.08. The third-order valence-electron chi connectivity index (χ3n) is 3.06. The van der Waals surface area contributed by atoms with Crippen molar-refractivity contribution in [3.8, 4) is 0 Å². The number of hydrogen-bond acceptors (Lipinski definition) is 3. The van der Waals surface area contributed by atoms with Gasteiger partial charge in [0.05, 0.1) is 6.54 Å². The van der Waals surface area contributed by atoms with Crippen molar-refractivity contribution in [2.24, 2.45) is 5.73 Å². The summed E-state index contributed by atoms with van der Waals surface area (Å²) in [4.78, 5) is 23.5. The predicted molar refractivity (Wildman–Crippen MR) is 88.3 cm³/mol. The molecule has 0 radical (unpaired) electrons. The largest absolute Gasteiger partial charge is 0.325 e. The molecule has 0 aromatic heterocycles. The zero-order valence-electron chi connectivity index (χ0n) is 12.0. The molecule has 0 atom stereocenters. The lowest BCUT2D eigenvalue weighted by molar-refractivity contribution is -0.114. The van der Waals surface area contributed by atoms with E-state index in [9.17, 15) is 9.59 Å². The van der Waals surface area contributed by atoms with Gasteiger partial charge in [-0.25, -0.2) is 0 Å². The summed E-state index contributed by atoms with van der Waals surface area (Å²) in [7, 11) is 0. The van der Waals surface area contributed by atoms with Crippen LogP contribution >= 0.6 is 11.6 Å². The molecule has 22 heavy (non-hydrogen) atoms. The Morgan fingerprint density at radius 1 is 1.09 bits per heavy atom. The quantitative estimate of drug-likeness (QED) is 0.810. The Balaban J connectivity index is 2.15. The highest BCUT2D eigenvalue weighted by Crippen LogP contribution is 2.21. The third-order valence-corrected chi connectivity index (χ3v) is 3.31. The molecule has 0 aliphatic carbocycles. The van der Waals surface area contributed by atoms with Gasteiger partial charge in [0, 0.05) is 22.0 Å². The molecular formula is C16H16ClN3O2. The predicted octanol–water partition coefficient (Wildman–Crippen LogP) is 2.80. The lowest BCUT2D eigenvalue weighted by Gasteiger charge is -2.11. The molecule has 0 spiro atoms. The van der Waals surface area contributed by atoms with Crippen LogP contribution in [0.1, 0.15) is 15.9 Å². The van der Waals surface area contributed by atoms with Crippen LogP contribution in [0.5, 0.6) is 0 Å². The number of carbonyl (C=O) groups excluding carboxylic acids is 2. The fourth-order valence-corrected chi connectivity index (χ4v) is 1.97. The number of aryl methyl sites for hydroxylation is 1. The number of hydrogen-bond donors (Lipinski definition) is 3. The van der Waals surface area contributed by atoms with Crippen molar-refractivity contribution in [2.75, 3.05) is 17.2 Å². The number of amides is 2. The average molecular weight is 318 g/mol. The van der Waals surface area contributed by atoms with E-state index in [1.807, 2.05) is 13.0 Å². The molecule has 0 unspecified atom stereocenters. The molecule has 2 aromatic carbocycles. The Labute approximate surface area is 133 Å². The summed E-state index contributed by atoms with van der Waals surface area (Å²) in [6, 6.07) is 11.9. The minimum atomic E-state index is -0.288. The maximum Gasteiger partial charge on any atom is 0.255 e. The Kier molecular flexibility index (Phi) is 5.14. The summed E-state index contributed by atoms with van der Waals surface area (Å²) in [5.74, 6) is -0.541. The second-order valence-electron chi connectivity index (χ2n) is 4.74. The van der Waals surface area contributed by atoms with Gasteiger partial charge in [-0.15, -0.1) is 0 Å². The second-order valence-corrected chi connectivity index (χ2v) is 5.18. The fourth-order valence-electron chi connectivity index (χ4n) is 1.84. The lowest BCUT2D eigenvalue weighted by atomic mass is 10.1. The van der Waals surface area contributed by atoms with Crippen molar-refractivity contribution < 1.29 is 9.59 Å². The summed E-state index contributed by atoms with van der Waals surface area (Å²) >= 11 is 5.79. The molecule has 114 valence electrons. The molecule has 0 saturated heterocycles. The van der Waals surface area contributed by atoms with E-state index < -0.39 is 0 Å². The van der Waals surface area contributed by atoms with Gasteiger partial charge in [-0.1, -0.05) is 17.7 Å². The van der Waals surface area contributed by atoms with Crippen LogP contribution in [-0.2, 0) is 4.79 Å². The van der Waals surface area contributed by atoms with E-state index in [4.69, 9.17) is 17.3 Å². The number of carbonyl (C=O) groups is 2. The molecule has 6 heteroatoms. The van der Waals surface area contributed by atoms with Crippen molar-refractivity contribution in [1.82, 2.24) is 0 Å². The van der Waals surface area contributed by atoms with Gasteiger partial charge in [-0.05, 0) is 48.9 Å². The van der Waals surface area contributed by atoms with Crippen molar-refractivity contribution in [3.05, 3.63) is 58.6 Å². The molecule has 2 aromatic rings. The highest BCUT2D eigenvalue weighted by molar-refractivity contribution is 6.30. The molecule has 0 bridgehead atoms. The molecule has 4 N–H and O–H groups in total. The first kappa shape index (κ1) is 16.0. The number of nitrogens with one attached hydrogen (secondary N) is 2. The number of halogens is 1. The molecule has 0 aliphatic heterocycles. The number of benzene rings is 2. The maximum absolute atomic E-state index is 12.1. The van der Waals surface area contributed by atoms with Crippen LogP contribution < -0.4 is 16.4 Å². The topological polar surface area (TPSA) is 84.2 Å². The molecule has 0 heterocycles. The molecule has 2 amide bonds. The van der Waals surface area contributed by atoms with Crippen LogP contribution in [-0.4, -0.2) is 18.4 Å². The van der Waals surface area contributed by atoms with Crippen molar-refractivity contribution in [2.45, 2.75) is 6.92 Å². The SMILES string of the molecule is Cc1ccc(NC(=O)c2ccc(Cl)cc2)cc1NC(=O)CN. The van der Waals surface area contributed by atoms with Crippen LogP contribution in [0.25, 0.3) is 0 Å². The molecular weight excluding hydrogens is 302 g/mol. The lowest BCUT2D eigenvalue weighted by Crippen LogP contribution is -2.22. The van der Waals surface area contributed by atoms with E-state index in [0.717, 1.165) is 5.56 Å². The van der Waals surface area contributed by atoms with Crippen LogP contribution in [0.2, 0.25) is 5.02 Å². The maximum atomic E-state index is 12.1. The van der Waals surface area contributed by atoms with Gasteiger partial charge in [-0.3, -0.25) is 9.59 Å². The highest BCUT2D eigenvalue weighted by atomic mass is 35.5. The van der Waals surface area contributed by atoms with Gasteiger partial charge < -0.3 is 16.4 Å². The summed E-state index contributed by atoms with van der Waals surface area (Å²) < 4.78 is 0. The average Bonchev–Trinajstić information content (AvgIpc) is 2.51. The second kappa shape index (κ2) is 7.06. The number of anilines is 2. The monoisotopic (exact) mass is 317 g/mol. The Hall–Kier alpha value is -2.37. The van der Waals surface area contributed by atoms with Crippen molar-refractivity contribution in [3.63, 3.8) is 0 Å². The third kappa shape index (κ3) is 4.07. The van der Waals surface area contributed by atoms with E-state index in [0.29, 0.717) is 22.0 Å². The summed E-state index contributed by atoms with van der Waals surface area (Å²) in [5, 5.41) is 6.03. The number of nitrogens with two attached hydrogens (primary N) is 1. The van der Waals surface area contributed by atoms with Crippen molar-refractivity contribution in [1.29, 1.82) is 0 Å². The van der Waals surface area contributed by atoms with Crippen LogP contribution in [0.3, 0.4) is 0 Å². The molecule has 5 nitrogen and oxygen atoms in total. The van der Waals surface area contributed by atoms with Crippen LogP contribution in [0.15, 0.2) is 42.5 Å². The Morgan fingerprint density at radius 3 is 2.41 bits per heavy atom. The van der Waals surface area contributed by atoms with Gasteiger partial charge >= 0.3 is 0 Å². The zero-order chi connectivity index (χ0) is 16.1. The molecule has 0 saturated carbocycles. The standard InChI is InChI=1S/C16H16ClN3O2/c1-10-2-7-13(8-14(10)20-15(21)9-18)19-16(22)11-3-5-12(17)6-4-11/h2-8H,9,18H2,1H3,(H,19,22)(H,20,21). The van der Waals surface area contributed by atoms with Gasteiger partial charge in [0.2, 0.25) is 5.91 Å². The molecule has 0 aliphatic rings. The van der Waals surface area contributed by atoms with Gasteiger partial charge in [0.15, 0.2) is 0 Å². The summed E-state index contributed by atoms with van der Waals surface area (Å²) in [5.41, 5.74) is 7.86. The fraction of sp³-hybridized carbons (Fsp3) is 0.125.